The topological polar surface area (TPSA) is 119 Å². The minimum Gasteiger partial charge on any atom is -0.267 e. The number of hydrogen-bond donors (Lipinski definition) is 1. The van der Waals surface area contributed by atoms with E-state index >= 15 is 0 Å². The summed E-state index contributed by atoms with van der Waals surface area (Å²) in [6.45, 7) is 4.05. The third-order valence-corrected chi connectivity index (χ3v) is 4.61. The van der Waals surface area contributed by atoms with E-state index in [1.165, 1.54) is 16.8 Å². The lowest BCUT2D eigenvalue weighted by atomic mass is 10.1. The van der Waals surface area contributed by atoms with Crippen LogP contribution in [-0.4, -0.2) is 26.3 Å². The molecule has 0 spiro atoms. The van der Waals surface area contributed by atoms with E-state index < -0.39 is 10.8 Å². The summed E-state index contributed by atoms with van der Waals surface area (Å²) >= 11 is 0. The number of fused-ring (bicyclic) bond motifs is 1. The van der Waals surface area contributed by atoms with Crippen molar-refractivity contribution >= 4 is 28.1 Å². The van der Waals surface area contributed by atoms with Crippen LogP contribution in [0, 0.1) is 10.1 Å². The van der Waals surface area contributed by atoms with Crippen LogP contribution in [-0.2, 0) is 6.54 Å². The van der Waals surface area contributed by atoms with E-state index in [9.17, 15) is 19.7 Å². The van der Waals surface area contributed by atoms with E-state index in [2.05, 4.69) is 15.6 Å². The lowest BCUT2D eigenvalue weighted by Crippen LogP contribution is -2.29. The molecule has 9 heteroatoms. The third-order valence-electron chi connectivity index (χ3n) is 4.61. The molecule has 154 valence electrons. The number of aryl methyl sites for hydroxylation is 1. The second-order valence-electron chi connectivity index (χ2n) is 6.72. The third kappa shape index (κ3) is 4.40. The van der Waals surface area contributed by atoms with E-state index in [1.54, 1.807) is 43.3 Å². The van der Waals surface area contributed by atoms with Crippen molar-refractivity contribution in [2.75, 3.05) is 0 Å². The number of aromatic nitrogens is 2. The Hall–Kier alpha value is -3.88. The van der Waals surface area contributed by atoms with Gasteiger partial charge in [-0.3, -0.25) is 19.7 Å². The standard InChI is InChI=1S/C21H21N5O4/c1-3-4-12-25-21(28)18-11-6-5-10-17(18)19(24-25)20(27)23-22-14(2)15-8-7-9-16(13-15)26(29)30/h5-11,13H,3-4,12H2,1-2H3,(H,23,27)/b22-14+. The molecular weight excluding hydrogens is 386 g/mol. The normalized spacial score (nSPS) is 11.5. The van der Waals surface area contributed by atoms with Crippen molar-refractivity contribution in [3.8, 4) is 0 Å². The van der Waals surface area contributed by atoms with Crippen LogP contribution >= 0.6 is 0 Å². The molecule has 0 unspecified atom stereocenters. The molecular formula is C21H21N5O4. The summed E-state index contributed by atoms with van der Waals surface area (Å²) in [7, 11) is 0. The first-order chi connectivity index (χ1) is 14.4. The number of nitrogens with one attached hydrogen (secondary N) is 1. The highest BCUT2D eigenvalue weighted by Crippen LogP contribution is 2.15. The van der Waals surface area contributed by atoms with Crippen LogP contribution in [0.15, 0.2) is 58.4 Å². The quantitative estimate of drug-likeness (QED) is 0.366. The minimum absolute atomic E-state index is 0.0657. The molecule has 9 nitrogen and oxygen atoms in total. The molecule has 3 rings (SSSR count). The fourth-order valence-corrected chi connectivity index (χ4v) is 2.96. The monoisotopic (exact) mass is 407 g/mol. The van der Waals surface area contributed by atoms with Gasteiger partial charge in [0.2, 0.25) is 0 Å². The maximum atomic E-state index is 12.8. The number of non-ortho nitro benzene ring substituents is 1. The number of nitro benzene ring substituents is 1. The van der Waals surface area contributed by atoms with E-state index in [1.807, 2.05) is 6.92 Å². The zero-order valence-electron chi connectivity index (χ0n) is 16.7. The van der Waals surface area contributed by atoms with Crippen molar-refractivity contribution in [3.05, 3.63) is 80.3 Å². The van der Waals surface area contributed by atoms with Gasteiger partial charge in [-0.15, -0.1) is 0 Å². The van der Waals surface area contributed by atoms with Crippen LogP contribution in [0.2, 0.25) is 0 Å². The van der Waals surface area contributed by atoms with Crippen LogP contribution in [0.5, 0.6) is 0 Å². The molecule has 0 radical (unpaired) electrons. The summed E-state index contributed by atoms with van der Waals surface area (Å²) in [5.41, 5.74) is 3.14. The predicted molar refractivity (Wildman–Crippen MR) is 114 cm³/mol. The number of nitro groups is 1. The van der Waals surface area contributed by atoms with Crippen LogP contribution in [0.1, 0.15) is 42.7 Å². The Kier molecular flexibility index (Phi) is 6.31. The number of carbonyl (C=O) groups excluding carboxylic acids is 1. The van der Waals surface area contributed by atoms with Crippen molar-refractivity contribution in [2.45, 2.75) is 33.2 Å². The number of hydrazone groups is 1. The molecule has 0 saturated carbocycles. The molecule has 0 saturated heterocycles. The highest BCUT2D eigenvalue weighted by molar-refractivity contribution is 6.06. The molecule has 0 aliphatic rings. The molecule has 0 atom stereocenters. The molecule has 0 fully saturated rings. The van der Waals surface area contributed by atoms with E-state index in [0.29, 0.717) is 28.6 Å². The summed E-state index contributed by atoms with van der Waals surface area (Å²) in [5.74, 6) is -0.568. The van der Waals surface area contributed by atoms with Crippen molar-refractivity contribution in [1.29, 1.82) is 0 Å². The molecule has 1 N–H and O–H groups in total. The van der Waals surface area contributed by atoms with Crippen molar-refractivity contribution < 1.29 is 9.72 Å². The molecule has 1 amide bonds. The highest BCUT2D eigenvalue weighted by Gasteiger charge is 2.16. The van der Waals surface area contributed by atoms with E-state index in [0.717, 1.165) is 12.8 Å². The largest absolute Gasteiger partial charge is 0.292 e. The summed E-state index contributed by atoms with van der Waals surface area (Å²) in [6.07, 6.45) is 1.64. The van der Waals surface area contributed by atoms with Gasteiger partial charge in [0, 0.05) is 29.6 Å². The van der Waals surface area contributed by atoms with Crippen LogP contribution in [0.4, 0.5) is 5.69 Å². The maximum absolute atomic E-state index is 12.8. The average molecular weight is 407 g/mol. The zero-order chi connectivity index (χ0) is 21.7. The number of carbonyl (C=O) groups is 1. The molecule has 1 aromatic heterocycles. The van der Waals surface area contributed by atoms with Gasteiger partial charge in [0.15, 0.2) is 5.69 Å². The Labute approximate surface area is 172 Å². The number of unbranched alkanes of at least 4 members (excludes halogenated alkanes) is 1. The van der Waals surface area contributed by atoms with Gasteiger partial charge in [0.05, 0.1) is 16.0 Å². The van der Waals surface area contributed by atoms with Gasteiger partial charge in [0.25, 0.3) is 17.2 Å². The van der Waals surface area contributed by atoms with Crippen LogP contribution in [0.25, 0.3) is 10.8 Å². The van der Waals surface area contributed by atoms with Gasteiger partial charge in [-0.05, 0) is 19.4 Å². The molecule has 0 aliphatic heterocycles. The summed E-state index contributed by atoms with van der Waals surface area (Å²) in [4.78, 5) is 35.9. The predicted octanol–water partition coefficient (Wildman–Crippen LogP) is 3.26. The fraction of sp³-hybridized carbons (Fsp3) is 0.238. The lowest BCUT2D eigenvalue weighted by Gasteiger charge is -2.10. The first-order valence-electron chi connectivity index (χ1n) is 9.51. The van der Waals surface area contributed by atoms with E-state index in [-0.39, 0.29) is 16.9 Å². The highest BCUT2D eigenvalue weighted by atomic mass is 16.6. The summed E-state index contributed by atoms with van der Waals surface area (Å²) < 4.78 is 1.30. The fourth-order valence-electron chi connectivity index (χ4n) is 2.96. The zero-order valence-corrected chi connectivity index (χ0v) is 16.7. The summed E-state index contributed by atoms with van der Waals surface area (Å²) in [5, 5.41) is 20.1. The Balaban J connectivity index is 1.94. The SMILES string of the molecule is CCCCn1nc(C(=O)N/N=C(\C)c2cccc([N+](=O)[O-])c2)c2ccccc2c1=O. The van der Waals surface area contributed by atoms with Gasteiger partial charge in [-0.2, -0.15) is 10.2 Å². The number of rotatable bonds is 7. The lowest BCUT2D eigenvalue weighted by molar-refractivity contribution is -0.384. The van der Waals surface area contributed by atoms with Gasteiger partial charge in [-0.25, -0.2) is 10.1 Å². The molecule has 0 aliphatic carbocycles. The smallest absolute Gasteiger partial charge is 0.267 e. The van der Waals surface area contributed by atoms with Crippen molar-refractivity contribution in [2.24, 2.45) is 5.10 Å². The number of nitrogens with zero attached hydrogens (tertiary/aromatic N) is 4. The average Bonchev–Trinajstić information content (AvgIpc) is 2.77. The van der Waals surface area contributed by atoms with Gasteiger partial charge in [0.1, 0.15) is 0 Å². The van der Waals surface area contributed by atoms with E-state index in [4.69, 9.17) is 0 Å². The second kappa shape index (κ2) is 9.08. The molecule has 0 bridgehead atoms. The van der Waals surface area contributed by atoms with Gasteiger partial charge < -0.3 is 0 Å². The minimum atomic E-state index is -0.568. The number of hydrogen-bond acceptors (Lipinski definition) is 6. The Morgan fingerprint density at radius 2 is 1.93 bits per heavy atom. The Bertz CT molecular complexity index is 1200. The second-order valence-corrected chi connectivity index (χ2v) is 6.72. The first-order valence-corrected chi connectivity index (χ1v) is 9.51. The van der Waals surface area contributed by atoms with Gasteiger partial charge >= 0.3 is 0 Å². The Morgan fingerprint density at radius 1 is 1.20 bits per heavy atom. The van der Waals surface area contributed by atoms with Gasteiger partial charge in [-0.1, -0.05) is 43.7 Å². The number of benzene rings is 2. The number of amides is 1. The maximum Gasteiger partial charge on any atom is 0.292 e. The molecule has 2 aromatic carbocycles. The molecule has 3 aromatic rings. The first kappa shape index (κ1) is 20.8. The summed E-state index contributed by atoms with van der Waals surface area (Å²) in [6, 6.07) is 12.8. The molecule has 30 heavy (non-hydrogen) atoms. The Morgan fingerprint density at radius 3 is 2.63 bits per heavy atom. The van der Waals surface area contributed by atoms with Crippen molar-refractivity contribution in [3.63, 3.8) is 0 Å². The molecule has 1 heterocycles. The van der Waals surface area contributed by atoms with Crippen molar-refractivity contribution in [1.82, 2.24) is 15.2 Å². The van der Waals surface area contributed by atoms with Crippen LogP contribution < -0.4 is 11.0 Å². The van der Waals surface area contributed by atoms with Crippen LogP contribution in [0.3, 0.4) is 0 Å².